The lowest BCUT2D eigenvalue weighted by Gasteiger charge is -2.33. The molecule has 1 atom stereocenters. The molecule has 1 aromatic carbocycles. The Bertz CT molecular complexity index is 780. The minimum absolute atomic E-state index is 0.00154. The van der Waals surface area contributed by atoms with Crippen LogP contribution in [0.3, 0.4) is 0 Å². The van der Waals surface area contributed by atoms with Crippen molar-refractivity contribution in [1.29, 1.82) is 0 Å². The number of carbonyl (C=O) groups excluding carboxylic acids is 2. The molecule has 1 aliphatic heterocycles. The van der Waals surface area contributed by atoms with Crippen molar-refractivity contribution in [2.45, 2.75) is 37.6 Å². The fourth-order valence-corrected chi connectivity index (χ4v) is 4.61. The molecule has 150 valence electrons. The van der Waals surface area contributed by atoms with Gasteiger partial charge in [0.1, 0.15) is 5.82 Å². The number of piperidine rings is 1. The molecule has 2 amide bonds. The number of nitrogens with zero attached hydrogens (tertiary/aromatic N) is 2. The van der Waals surface area contributed by atoms with Crippen LogP contribution >= 0.6 is 0 Å². The molecule has 27 heavy (non-hydrogen) atoms. The van der Waals surface area contributed by atoms with Gasteiger partial charge in [-0.25, -0.2) is 12.8 Å². The maximum Gasteiger partial charge on any atom is 0.243 e. The van der Waals surface area contributed by atoms with Gasteiger partial charge >= 0.3 is 0 Å². The lowest BCUT2D eigenvalue weighted by atomic mass is 9.98. The number of halogens is 1. The van der Waals surface area contributed by atoms with Crippen LogP contribution in [0.1, 0.15) is 26.7 Å². The third-order valence-corrected chi connectivity index (χ3v) is 6.27. The van der Waals surface area contributed by atoms with Crippen LogP contribution in [0.4, 0.5) is 4.39 Å². The first-order valence-electron chi connectivity index (χ1n) is 8.91. The standard InChI is InChI=1S/C18H26FN3O4S/c1-13(2)20-17(23)12-21(3)18(24)14-5-4-10-22(11-14)27(25,26)16-8-6-15(19)7-9-16/h6-9,13-14H,4-5,10-12H2,1-3H3,(H,20,23)/t14-/m1/s1. The van der Waals surface area contributed by atoms with Crippen LogP contribution in [0.2, 0.25) is 0 Å². The Labute approximate surface area is 159 Å². The first kappa shape index (κ1) is 21.3. The van der Waals surface area contributed by atoms with E-state index in [1.54, 1.807) is 0 Å². The van der Waals surface area contributed by atoms with Crippen molar-refractivity contribution >= 4 is 21.8 Å². The number of rotatable bonds is 6. The summed E-state index contributed by atoms with van der Waals surface area (Å²) in [5, 5.41) is 2.72. The van der Waals surface area contributed by atoms with Gasteiger partial charge in [0.15, 0.2) is 0 Å². The molecule has 0 radical (unpaired) electrons. The molecule has 0 spiro atoms. The smallest absolute Gasteiger partial charge is 0.243 e. The van der Waals surface area contributed by atoms with E-state index in [4.69, 9.17) is 0 Å². The van der Waals surface area contributed by atoms with Crippen LogP contribution < -0.4 is 5.32 Å². The van der Waals surface area contributed by atoms with Crippen LogP contribution in [0.15, 0.2) is 29.2 Å². The van der Waals surface area contributed by atoms with Gasteiger partial charge in [0.25, 0.3) is 0 Å². The molecule has 1 saturated heterocycles. The predicted octanol–water partition coefficient (Wildman–Crippen LogP) is 1.21. The highest BCUT2D eigenvalue weighted by Gasteiger charge is 2.34. The molecule has 1 aromatic rings. The van der Waals surface area contributed by atoms with Gasteiger partial charge in [-0.3, -0.25) is 9.59 Å². The highest BCUT2D eigenvalue weighted by molar-refractivity contribution is 7.89. The molecule has 2 rings (SSSR count). The summed E-state index contributed by atoms with van der Waals surface area (Å²) >= 11 is 0. The first-order valence-corrected chi connectivity index (χ1v) is 10.4. The van der Waals surface area contributed by atoms with Crippen LogP contribution in [0.25, 0.3) is 0 Å². The molecule has 0 aromatic heterocycles. The number of nitrogens with one attached hydrogen (secondary N) is 1. The van der Waals surface area contributed by atoms with Crippen molar-refractivity contribution in [2.75, 3.05) is 26.7 Å². The quantitative estimate of drug-likeness (QED) is 0.779. The zero-order chi connectivity index (χ0) is 20.2. The maximum absolute atomic E-state index is 13.1. The van der Waals surface area contributed by atoms with E-state index in [9.17, 15) is 22.4 Å². The summed E-state index contributed by atoms with van der Waals surface area (Å²) in [6, 6.07) is 4.62. The Morgan fingerprint density at radius 1 is 1.30 bits per heavy atom. The highest BCUT2D eigenvalue weighted by atomic mass is 32.2. The molecule has 7 nitrogen and oxygen atoms in total. The van der Waals surface area contributed by atoms with E-state index in [0.29, 0.717) is 19.4 Å². The van der Waals surface area contributed by atoms with Crippen LogP contribution in [0, 0.1) is 11.7 Å². The second-order valence-electron chi connectivity index (χ2n) is 7.07. The second kappa shape index (κ2) is 8.79. The number of hydrogen-bond donors (Lipinski definition) is 1. The second-order valence-corrected chi connectivity index (χ2v) is 9.01. The molecular weight excluding hydrogens is 373 g/mol. The summed E-state index contributed by atoms with van der Waals surface area (Å²) in [5.74, 6) is -1.53. The molecule has 1 fully saturated rings. The summed E-state index contributed by atoms with van der Waals surface area (Å²) in [4.78, 5) is 25.8. The monoisotopic (exact) mass is 399 g/mol. The van der Waals surface area contributed by atoms with Gasteiger partial charge in [0.2, 0.25) is 21.8 Å². The largest absolute Gasteiger partial charge is 0.352 e. The van der Waals surface area contributed by atoms with Crippen molar-refractivity contribution in [3.05, 3.63) is 30.1 Å². The van der Waals surface area contributed by atoms with Crippen molar-refractivity contribution in [3.8, 4) is 0 Å². The lowest BCUT2D eigenvalue weighted by molar-refractivity contribution is -0.139. The van der Waals surface area contributed by atoms with E-state index in [1.165, 1.54) is 28.4 Å². The zero-order valence-corrected chi connectivity index (χ0v) is 16.6. The van der Waals surface area contributed by atoms with Crippen molar-refractivity contribution in [3.63, 3.8) is 0 Å². The van der Waals surface area contributed by atoms with E-state index in [2.05, 4.69) is 5.32 Å². The number of carbonyl (C=O) groups is 2. The van der Waals surface area contributed by atoms with E-state index < -0.39 is 21.8 Å². The van der Waals surface area contributed by atoms with Crippen LogP contribution in [-0.2, 0) is 19.6 Å². The molecule has 1 N–H and O–H groups in total. The SMILES string of the molecule is CC(C)NC(=O)CN(C)C(=O)[C@@H]1CCCN(S(=O)(=O)c2ccc(F)cc2)C1. The molecule has 0 unspecified atom stereocenters. The molecule has 0 bridgehead atoms. The van der Waals surface area contributed by atoms with E-state index in [0.717, 1.165) is 12.1 Å². The van der Waals surface area contributed by atoms with Crippen molar-refractivity contribution in [2.24, 2.45) is 5.92 Å². The maximum atomic E-state index is 13.1. The normalized spacial score (nSPS) is 18.3. The first-order chi connectivity index (χ1) is 12.6. The van der Waals surface area contributed by atoms with Gasteiger partial charge in [-0.15, -0.1) is 0 Å². The van der Waals surface area contributed by atoms with Crippen molar-refractivity contribution in [1.82, 2.24) is 14.5 Å². The Hall–Kier alpha value is -2.00. The summed E-state index contributed by atoms with van der Waals surface area (Å²) < 4.78 is 39.8. The van der Waals surface area contributed by atoms with Gasteiger partial charge in [-0.1, -0.05) is 0 Å². The Morgan fingerprint density at radius 3 is 2.52 bits per heavy atom. The van der Waals surface area contributed by atoms with E-state index >= 15 is 0 Å². The molecular formula is C18H26FN3O4S. The summed E-state index contributed by atoms with van der Waals surface area (Å²) in [5.41, 5.74) is 0. The molecule has 0 aliphatic carbocycles. The fourth-order valence-electron chi connectivity index (χ4n) is 3.09. The Balaban J connectivity index is 2.05. The number of amides is 2. The van der Waals surface area contributed by atoms with Gasteiger partial charge in [0.05, 0.1) is 17.4 Å². The van der Waals surface area contributed by atoms with E-state index in [-0.39, 0.29) is 35.8 Å². The average molecular weight is 399 g/mol. The Kier molecular flexibility index (Phi) is 6.94. The topological polar surface area (TPSA) is 86.8 Å². The lowest BCUT2D eigenvalue weighted by Crippen LogP contribution is -2.48. The molecule has 1 aliphatic rings. The van der Waals surface area contributed by atoms with Crippen LogP contribution in [0.5, 0.6) is 0 Å². The van der Waals surface area contributed by atoms with Gasteiger partial charge < -0.3 is 10.2 Å². The minimum atomic E-state index is -3.79. The minimum Gasteiger partial charge on any atom is -0.352 e. The predicted molar refractivity (Wildman–Crippen MR) is 98.8 cm³/mol. The fraction of sp³-hybridized carbons (Fsp3) is 0.556. The highest BCUT2D eigenvalue weighted by Crippen LogP contribution is 2.25. The van der Waals surface area contributed by atoms with Gasteiger partial charge in [-0.05, 0) is 51.0 Å². The summed E-state index contributed by atoms with van der Waals surface area (Å²) in [7, 11) is -2.26. The zero-order valence-electron chi connectivity index (χ0n) is 15.8. The number of hydrogen-bond acceptors (Lipinski definition) is 4. The van der Waals surface area contributed by atoms with E-state index in [1.807, 2.05) is 13.8 Å². The molecule has 1 heterocycles. The third kappa shape index (κ3) is 5.49. The average Bonchev–Trinajstić information content (AvgIpc) is 2.60. The molecule has 0 saturated carbocycles. The third-order valence-electron chi connectivity index (χ3n) is 4.39. The summed E-state index contributed by atoms with van der Waals surface area (Å²) in [6.07, 6.45) is 1.10. The number of benzene rings is 1. The Morgan fingerprint density at radius 2 is 1.93 bits per heavy atom. The number of likely N-dealkylation sites (N-methyl/N-ethyl adjacent to an activating group) is 1. The number of sulfonamides is 1. The van der Waals surface area contributed by atoms with Gasteiger partial charge in [-0.2, -0.15) is 4.31 Å². The van der Waals surface area contributed by atoms with Crippen LogP contribution in [-0.4, -0.2) is 62.2 Å². The molecule has 9 heteroatoms. The van der Waals surface area contributed by atoms with Gasteiger partial charge in [0, 0.05) is 26.2 Å². The summed E-state index contributed by atoms with van der Waals surface area (Å²) in [6.45, 7) is 3.95. The van der Waals surface area contributed by atoms with Crippen molar-refractivity contribution < 1.29 is 22.4 Å².